The number of rotatable bonds is 4. The molecule has 0 atom stereocenters. The SMILES string of the molecule is Cc1ncc(COc2cc3c(cc2CO)OCO3)s1. The third-order valence-electron chi connectivity index (χ3n) is 2.77. The standard InChI is InChI=1S/C13H13NO4S/c1-8-14-4-10(19-8)6-16-11-3-13-12(17-7-18-13)2-9(11)5-15/h2-4,15H,5-7H2,1H3. The molecule has 1 aromatic heterocycles. The molecule has 6 heteroatoms. The lowest BCUT2D eigenvalue weighted by atomic mass is 10.2. The minimum atomic E-state index is -0.103. The number of thiazole rings is 1. The summed E-state index contributed by atoms with van der Waals surface area (Å²) in [6.45, 7) is 2.48. The fraction of sp³-hybridized carbons (Fsp3) is 0.308. The minimum absolute atomic E-state index is 0.103. The molecule has 1 aromatic carbocycles. The van der Waals surface area contributed by atoms with Crippen LogP contribution in [0, 0.1) is 6.92 Å². The van der Waals surface area contributed by atoms with Gasteiger partial charge in [0.25, 0.3) is 0 Å². The van der Waals surface area contributed by atoms with Crippen LogP contribution in [0.15, 0.2) is 18.3 Å². The maximum atomic E-state index is 9.36. The molecule has 0 radical (unpaired) electrons. The third kappa shape index (κ3) is 2.50. The van der Waals surface area contributed by atoms with E-state index in [1.807, 2.05) is 6.92 Å². The van der Waals surface area contributed by atoms with E-state index in [0.29, 0.717) is 29.4 Å². The van der Waals surface area contributed by atoms with Gasteiger partial charge in [-0.3, -0.25) is 0 Å². The quantitative estimate of drug-likeness (QED) is 0.930. The fourth-order valence-electron chi connectivity index (χ4n) is 1.84. The highest BCUT2D eigenvalue weighted by Crippen LogP contribution is 2.38. The van der Waals surface area contributed by atoms with Crippen molar-refractivity contribution in [3.8, 4) is 17.2 Å². The molecule has 1 N–H and O–H groups in total. The number of aromatic nitrogens is 1. The van der Waals surface area contributed by atoms with E-state index in [9.17, 15) is 5.11 Å². The van der Waals surface area contributed by atoms with Crippen LogP contribution < -0.4 is 14.2 Å². The molecule has 0 amide bonds. The molecule has 2 aromatic rings. The second-order valence-electron chi connectivity index (χ2n) is 4.11. The first-order chi connectivity index (χ1) is 9.26. The number of nitrogens with zero attached hydrogens (tertiary/aromatic N) is 1. The van der Waals surface area contributed by atoms with Crippen molar-refractivity contribution in [2.45, 2.75) is 20.1 Å². The van der Waals surface area contributed by atoms with Crippen molar-refractivity contribution in [3.05, 3.63) is 33.8 Å². The Labute approximate surface area is 114 Å². The first kappa shape index (κ1) is 12.3. The van der Waals surface area contributed by atoms with E-state index in [2.05, 4.69) is 4.98 Å². The van der Waals surface area contributed by atoms with Gasteiger partial charge in [0.05, 0.1) is 16.5 Å². The Morgan fingerprint density at radius 2 is 2.16 bits per heavy atom. The molecule has 0 bridgehead atoms. The lowest BCUT2D eigenvalue weighted by molar-refractivity contribution is 0.173. The lowest BCUT2D eigenvalue weighted by Gasteiger charge is -2.10. The number of hydrogen-bond acceptors (Lipinski definition) is 6. The van der Waals surface area contributed by atoms with Gasteiger partial charge in [0, 0.05) is 17.8 Å². The van der Waals surface area contributed by atoms with Crippen LogP contribution in [0.25, 0.3) is 0 Å². The molecule has 2 heterocycles. The molecule has 1 aliphatic rings. The average Bonchev–Trinajstić information content (AvgIpc) is 3.03. The van der Waals surface area contributed by atoms with Gasteiger partial charge < -0.3 is 19.3 Å². The zero-order chi connectivity index (χ0) is 13.2. The predicted molar refractivity (Wildman–Crippen MR) is 69.7 cm³/mol. The molecule has 19 heavy (non-hydrogen) atoms. The van der Waals surface area contributed by atoms with Gasteiger partial charge >= 0.3 is 0 Å². The Kier molecular flexibility index (Phi) is 3.27. The summed E-state index contributed by atoms with van der Waals surface area (Å²) in [5.74, 6) is 1.90. The normalized spacial score (nSPS) is 12.7. The summed E-state index contributed by atoms with van der Waals surface area (Å²) in [5, 5.41) is 10.4. The van der Waals surface area contributed by atoms with Crippen LogP contribution in [0.4, 0.5) is 0 Å². The Morgan fingerprint density at radius 3 is 2.84 bits per heavy atom. The zero-order valence-corrected chi connectivity index (χ0v) is 11.2. The summed E-state index contributed by atoms with van der Waals surface area (Å²) >= 11 is 1.59. The van der Waals surface area contributed by atoms with Crippen molar-refractivity contribution >= 4 is 11.3 Å². The molecular formula is C13H13NO4S. The summed E-state index contributed by atoms with van der Waals surface area (Å²) < 4.78 is 16.3. The zero-order valence-electron chi connectivity index (χ0n) is 10.4. The highest BCUT2D eigenvalue weighted by atomic mass is 32.1. The van der Waals surface area contributed by atoms with Gasteiger partial charge in [-0.1, -0.05) is 0 Å². The average molecular weight is 279 g/mol. The van der Waals surface area contributed by atoms with Gasteiger partial charge in [0.1, 0.15) is 12.4 Å². The van der Waals surface area contributed by atoms with Crippen LogP contribution in [0.5, 0.6) is 17.2 Å². The van der Waals surface area contributed by atoms with E-state index in [-0.39, 0.29) is 13.4 Å². The monoisotopic (exact) mass is 279 g/mol. The summed E-state index contributed by atoms with van der Waals surface area (Å²) in [6.07, 6.45) is 1.80. The van der Waals surface area contributed by atoms with Crippen LogP contribution in [-0.4, -0.2) is 16.9 Å². The van der Waals surface area contributed by atoms with Crippen molar-refractivity contribution in [2.24, 2.45) is 0 Å². The fourth-order valence-corrected chi connectivity index (χ4v) is 2.55. The Balaban J connectivity index is 1.80. The van der Waals surface area contributed by atoms with E-state index in [1.54, 1.807) is 29.7 Å². The second-order valence-corrected chi connectivity index (χ2v) is 5.42. The minimum Gasteiger partial charge on any atom is -0.487 e. The van der Waals surface area contributed by atoms with Crippen LogP contribution in [-0.2, 0) is 13.2 Å². The van der Waals surface area contributed by atoms with E-state index < -0.39 is 0 Å². The topological polar surface area (TPSA) is 60.8 Å². The largest absolute Gasteiger partial charge is 0.487 e. The molecule has 0 aliphatic carbocycles. The molecule has 0 unspecified atom stereocenters. The molecular weight excluding hydrogens is 266 g/mol. The van der Waals surface area contributed by atoms with Gasteiger partial charge in [0.2, 0.25) is 6.79 Å². The van der Waals surface area contributed by atoms with Gasteiger partial charge in [0.15, 0.2) is 11.5 Å². The number of benzene rings is 1. The van der Waals surface area contributed by atoms with Gasteiger partial charge in [-0.25, -0.2) is 4.98 Å². The molecule has 100 valence electrons. The van der Waals surface area contributed by atoms with Crippen molar-refractivity contribution in [1.29, 1.82) is 0 Å². The van der Waals surface area contributed by atoms with E-state index in [0.717, 1.165) is 9.88 Å². The van der Waals surface area contributed by atoms with E-state index in [1.165, 1.54) is 0 Å². The van der Waals surface area contributed by atoms with Gasteiger partial charge in [-0.15, -0.1) is 11.3 Å². The van der Waals surface area contributed by atoms with Gasteiger partial charge in [-0.05, 0) is 13.0 Å². The second kappa shape index (κ2) is 5.07. The van der Waals surface area contributed by atoms with Crippen LogP contribution >= 0.6 is 11.3 Å². The van der Waals surface area contributed by atoms with Gasteiger partial charge in [-0.2, -0.15) is 0 Å². The smallest absolute Gasteiger partial charge is 0.231 e. The number of hydrogen-bond donors (Lipinski definition) is 1. The third-order valence-corrected chi connectivity index (χ3v) is 3.65. The van der Waals surface area contributed by atoms with Crippen molar-refractivity contribution < 1.29 is 19.3 Å². The number of ether oxygens (including phenoxy) is 3. The summed E-state index contributed by atoms with van der Waals surface area (Å²) in [4.78, 5) is 5.21. The summed E-state index contributed by atoms with van der Waals surface area (Å²) in [5.41, 5.74) is 0.686. The van der Waals surface area contributed by atoms with Crippen molar-refractivity contribution in [2.75, 3.05) is 6.79 Å². The molecule has 0 saturated carbocycles. The Bertz CT molecular complexity index is 596. The maximum absolute atomic E-state index is 9.36. The molecule has 0 spiro atoms. The molecule has 3 rings (SSSR count). The van der Waals surface area contributed by atoms with Crippen molar-refractivity contribution in [1.82, 2.24) is 4.98 Å². The summed E-state index contributed by atoms with van der Waals surface area (Å²) in [6, 6.07) is 3.50. The number of fused-ring (bicyclic) bond motifs is 1. The van der Waals surface area contributed by atoms with Crippen molar-refractivity contribution in [3.63, 3.8) is 0 Å². The summed E-state index contributed by atoms with van der Waals surface area (Å²) in [7, 11) is 0. The van der Waals surface area contributed by atoms with Crippen LogP contribution in [0.1, 0.15) is 15.4 Å². The highest BCUT2D eigenvalue weighted by Gasteiger charge is 2.17. The Hall–Kier alpha value is -1.79. The Morgan fingerprint density at radius 1 is 1.37 bits per heavy atom. The maximum Gasteiger partial charge on any atom is 0.231 e. The van der Waals surface area contributed by atoms with E-state index >= 15 is 0 Å². The first-order valence-corrected chi connectivity index (χ1v) is 6.65. The molecule has 5 nitrogen and oxygen atoms in total. The lowest BCUT2D eigenvalue weighted by Crippen LogP contribution is -1.97. The highest BCUT2D eigenvalue weighted by molar-refractivity contribution is 7.11. The van der Waals surface area contributed by atoms with Crippen LogP contribution in [0.3, 0.4) is 0 Å². The molecule has 1 aliphatic heterocycles. The number of aryl methyl sites for hydroxylation is 1. The predicted octanol–water partition coefficient (Wildman–Crippen LogP) is 2.25. The van der Waals surface area contributed by atoms with Crippen LogP contribution in [0.2, 0.25) is 0 Å². The number of aliphatic hydroxyl groups is 1. The van der Waals surface area contributed by atoms with E-state index in [4.69, 9.17) is 14.2 Å². The first-order valence-electron chi connectivity index (χ1n) is 5.84. The molecule has 0 fully saturated rings. The molecule has 0 saturated heterocycles. The number of aliphatic hydroxyl groups excluding tert-OH is 1.